The van der Waals surface area contributed by atoms with Gasteiger partial charge in [0.25, 0.3) is 0 Å². The Morgan fingerprint density at radius 2 is 1.95 bits per heavy atom. The lowest BCUT2D eigenvalue weighted by Crippen LogP contribution is -2.38. The largest absolute Gasteiger partial charge is 0.329 e. The first kappa shape index (κ1) is 16.2. The van der Waals surface area contributed by atoms with E-state index in [1.165, 1.54) is 21.6 Å². The Kier molecular flexibility index (Phi) is 5.57. The van der Waals surface area contributed by atoms with Gasteiger partial charge in [-0.05, 0) is 50.3 Å². The summed E-state index contributed by atoms with van der Waals surface area (Å²) >= 11 is 1.82. The highest BCUT2D eigenvalue weighted by Gasteiger charge is 2.23. The van der Waals surface area contributed by atoms with Crippen LogP contribution in [0.4, 0.5) is 0 Å². The van der Waals surface area contributed by atoms with E-state index in [-0.39, 0.29) is 6.04 Å². The van der Waals surface area contributed by atoms with Gasteiger partial charge < -0.3 is 5.73 Å². The van der Waals surface area contributed by atoms with Crippen LogP contribution >= 0.6 is 11.3 Å². The third-order valence-corrected chi connectivity index (χ3v) is 4.85. The van der Waals surface area contributed by atoms with Crippen LogP contribution in [0.1, 0.15) is 41.5 Å². The normalized spacial score (nSPS) is 13.1. The lowest BCUT2D eigenvalue weighted by Gasteiger charge is -2.35. The van der Waals surface area contributed by atoms with Crippen molar-refractivity contribution < 1.29 is 0 Å². The molecule has 0 fully saturated rings. The second-order valence-electron chi connectivity index (χ2n) is 5.96. The maximum atomic E-state index is 6.14. The summed E-state index contributed by atoms with van der Waals surface area (Å²) in [5.74, 6) is 0. The van der Waals surface area contributed by atoms with Crippen LogP contribution in [-0.2, 0) is 6.54 Å². The molecule has 114 valence electrons. The number of nitrogens with two attached hydrogens (primary N) is 1. The molecule has 3 heteroatoms. The van der Waals surface area contributed by atoms with E-state index in [2.05, 4.69) is 68.3 Å². The number of thiophene rings is 1. The second-order valence-corrected chi connectivity index (χ2v) is 6.99. The van der Waals surface area contributed by atoms with Crippen molar-refractivity contribution in [1.82, 2.24) is 4.90 Å². The van der Waals surface area contributed by atoms with Gasteiger partial charge in [0.15, 0.2) is 0 Å². The van der Waals surface area contributed by atoms with Crippen LogP contribution in [0.25, 0.3) is 0 Å². The quantitative estimate of drug-likeness (QED) is 0.863. The minimum atomic E-state index is 0.271. The van der Waals surface area contributed by atoms with Gasteiger partial charge in [-0.3, -0.25) is 4.90 Å². The first-order valence-electron chi connectivity index (χ1n) is 7.58. The maximum Gasteiger partial charge on any atom is 0.0479 e. The summed E-state index contributed by atoms with van der Waals surface area (Å²) in [6.45, 7) is 10.4. The van der Waals surface area contributed by atoms with E-state index < -0.39 is 0 Å². The van der Waals surface area contributed by atoms with E-state index in [1.807, 2.05) is 11.3 Å². The summed E-state index contributed by atoms with van der Waals surface area (Å²) < 4.78 is 0. The van der Waals surface area contributed by atoms with Crippen molar-refractivity contribution in [3.05, 3.63) is 57.3 Å². The molecular formula is C18H26N2S. The minimum Gasteiger partial charge on any atom is -0.329 e. The van der Waals surface area contributed by atoms with Crippen molar-refractivity contribution in [3.63, 3.8) is 0 Å². The van der Waals surface area contributed by atoms with Gasteiger partial charge in [0.05, 0.1) is 0 Å². The zero-order chi connectivity index (χ0) is 15.4. The van der Waals surface area contributed by atoms with Gasteiger partial charge in [0.2, 0.25) is 0 Å². The molecule has 0 bridgehead atoms. The molecule has 1 atom stereocenters. The Hall–Kier alpha value is -1.16. The standard InChI is InChI=1S/C18H26N2S/c1-13(2)20(12-16-6-5-9-21-16)18(11-19)17-8-7-14(3)10-15(17)4/h5-10,13,18H,11-12,19H2,1-4H3. The van der Waals surface area contributed by atoms with Crippen LogP contribution in [0, 0.1) is 13.8 Å². The van der Waals surface area contributed by atoms with Crippen LogP contribution in [0.2, 0.25) is 0 Å². The van der Waals surface area contributed by atoms with E-state index in [0.717, 1.165) is 6.54 Å². The third kappa shape index (κ3) is 3.94. The van der Waals surface area contributed by atoms with Gasteiger partial charge in [-0.2, -0.15) is 0 Å². The summed E-state index contributed by atoms with van der Waals surface area (Å²) in [6, 6.07) is 11.7. The summed E-state index contributed by atoms with van der Waals surface area (Å²) in [5.41, 5.74) is 10.1. The Balaban J connectivity index is 2.31. The molecule has 21 heavy (non-hydrogen) atoms. The molecule has 0 aliphatic rings. The Labute approximate surface area is 132 Å². The zero-order valence-corrected chi connectivity index (χ0v) is 14.3. The summed E-state index contributed by atoms with van der Waals surface area (Å²) in [6.07, 6.45) is 0. The average Bonchev–Trinajstić information content (AvgIpc) is 2.93. The molecule has 0 saturated carbocycles. The maximum absolute atomic E-state index is 6.14. The predicted molar refractivity (Wildman–Crippen MR) is 92.7 cm³/mol. The number of benzene rings is 1. The highest BCUT2D eigenvalue weighted by Crippen LogP contribution is 2.28. The lowest BCUT2D eigenvalue weighted by atomic mass is 9.97. The topological polar surface area (TPSA) is 29.3 Å². The Morgan fingerprint density at radius 1 is 1.19 bits per heavy atom. The van der Waals surface area contributed by atoms with Crippen molar-refractivity contribution in [1.29, 1.82) is 0 Å². The smallest absolute Gasteiger partial charge is 0.0479 e. The van der Waals surface area contributed by atoms with E-state index in [4.69, 9.17) is 5.73 Å². The number of hydrogen-bond donors (Lipinski definition) is 1. The highest BCUT2D eigenvalue weighted by atomic mass is 32.1. The predicted octanol–water partition coefficient (Wildman–Crippen LogP) is 4.28. The molecule has 2 N–H and O–H groups in total. The molecule has 0 aliphatic carbocycles. The van der Waals surface area contributed by atoms with Crippen LogP contribution < -0.4 is 5.73 Å². The lowest BCUT2D eigenvalue weighted by molar-refractivity contribution is 0.149. The number of hydrogen-bond acceptors (Lipinski definition) is 3. The van der Waals surface area contributed by atoms with E-state index in [1.54, 1.807) is 0 Å². The van der Waals surface area contributed by atoms with E-state index in [0.29, 0.717) is 12.6 Å². The fraction of sp³-hybridized carbons (Fsp3) is 0.444. The monoisotopic (exact) mass is 302 g/mol. The van der Waals surface area contributed by atoms with Gasteiger partial charge in [0.1, 0.15) is 0 Å². The third-order valence-electron chi connectivity index (χ3n) is 3.99. The van der Waals surface area contributed by atoms with E-state index >= 15 is 0 Å². The van der Waals surface area contributed by atoms with Crippen LogP contribution in [0.15, 0.2) is 35.7 Å². The van der Waals surface area contributed by atoms with Crippen molar-refractivity contribution in [3.8, 4) is 0 Å². The Bertz CT molecular complexity index is 561. The fourth-order valence-electron chi connectivity index (χ4n) is 2.88. The van der Waals surface area contributed by atoms with Gasteiger partial charge in [-0.1, -0.05) is 29.8 Å². The van der Waals surface area contributed by atoms with Crippen LogP contribution in [-0.4, -0.2) is 17.5 Å². The zero-order valence-electron chi connectivity index (χ0n) is 13.5. The molecule has 1 aromatic heterocycles. The molecule has 0 amide bonds. The molecule has 1 heterocycles. The highest BCUT2D eigenvalue weighted by molar-refractivity contribution is 7.09. The minimum absolute atomic E-state index is 0.271. The molecule has 0 radical (unpaired) electrons. The van der Waals surface area contributed by atoms with Crippen molar-refractivity contribution >= 4 is 11.3 Å². The number of aryl methyl sites for hydroxylation is 2. The van der Waals surface area contributed by atoms with Crippen LogP contribution in [0.5, 0.6) is 0 Å². The molecule has 1 unspecified atom stereocenters. The van der Waals surface area contributed by atoms with Crippen molar-refractivity contribution in [2.45, 2.75) is 46.3 Å². The Morgan fingerprint density at radius 3 is 2.48 bits per heavy atom. The van der Waals surface area contributed by atoms with Crippen LogP contribution in [0.3, 0.4) is 0 Å². The molecule has 0 spiro atoms. The SMILES string of the molecule is Cc1ccc(C(CN)N(Cc2cccs2)C(C)C)c(C)c1. The van der Waals surface area contributed by atoms with Gasteiger partial charge >= 0.3 is 0 Å². The second kappa shape index (κ2) is 7.21. The summed E-state index contributed by atoms with van der Waals surface area (Å²) in [4.78, 5) is 3.90. The van der Waals surface area contributed by atoms with Gasteiger partial charge in [-0.15, -0.1) is 11.3 Å². The molecule has 2 aromatic rings. The molecule has 0 saturated heterocycles. The molecular weight excluding hydrogens is 276 g/mol. The fourth-order valence-corrected chi connectivity index (χ4v) is 3.59. The molecule has 2 nitrogen and oxygen atoms in total. The van der Waals surface area contributed by atoms with Crippen molar-refractivity contribution in [2.75, 3.05) is 6.54 Å². The van der Waals surface area contributed by atoms with E-state index in [9.17, 15) is 0 Å². The first-order chi connectivity index (χ1) is 10.0. The summed E-state index contributed by atoms with van der Waals surface area (Å²) in [5, 5.41) is 2.14. The number of rotatable bonds is 6. The first-order valence-corrected chi connectivity index (χ1v) is 8.46. The van der Waals surface area contributed by atoms with Gasteiger partial charge in [0, 0.05) is 30.1 Å². The average molecular weight is 302 g/mol. The molecule has 0 aliphatic heterocycles. The summed E-state index contributed by atoms with van der Waals surface area (Å²) in [7, 11) is 0. The molecule has 1 aromatic carbocycles. The van der Waals surface area contributed by atoms with Crippen molar-refractivity contribution in [2.24, 2.45) is 5.73 Å². The number of nitrogens with zero attached hydrogens (tertiary/aromatic N) is 1. The molecule has 2 rings (SSSR count). The van der Waals surface area contributed by atoms with Gasteiger partial charge in [-0.25, -0.2) is 0 Å².